The largest absolute Gasteiger partial charge is 0.497 e. The maximum Gasteiger partial charge on any atom is 0.256 e. The highest BCUT2D eigenvalue weighted by Gasteiger charge is 2.17. The van der Waals surface area contributed by atoms with Crippen molar-refractivity contribution in [1.29, 1.82) is 0 Å². The molecule has 2 aromatic carbocycles. The summed E-state index contributed by atoms with van der Waals surface area (Å²) >= 11 is 0. The first-order valence-corrected chi connectivity index (χ1v) is 9.21. The molecule has 1 N–H and O–H groups in total. The van der Waals surface area contributed by atoms with Crippen molar-refractivity contribution in [1.82, 2.24) is 9.38 Å². The molecule has 0 aliphatic heterocycles. The molecule has 1 amide bonds. The molecular formula is C23H21N3O2. The molecular weight excluding hydrogens is 350 g/mol. The smallest absolute Gasteiger partial charge is 0.256 e. The summed E-state index contributed by atoms with van der Waals surface area (Å²) in [6.45, 7) is 2.09. The second-order valence-electron chi connectivity index (χ2n) is 6.47. The second kappa shape index (κ2) is 7.56. The van der Waals surface area contributed by atoms with Crippen LogP contribution in [0.15, 0.2) is 72.9 Å². The minimum atomic E-state index is -0.169. The fraction of sp³-hybridized carbons (Fsp3) is 0.130. The number of nitrogens with one attached hydrogen (secondary N) is 1. The first-order chi connectivity index (χ1) is 13.7. The number of anilines is 1. The average Bonchev–Trinajstić information content (AvgIpc) is 3.12. The number of pyridine rings is 1. The Hall–Kier alpha value is -3.60. The Kier molecular flexibility index (Phi) is 4.81. The van der Waals surface area contributed by atoms with Gasteiger partial charge in [-0.3, -0.25) is 9.20 Å². The van der Waals surface area contributed by atoms with Gasteiger partial charge >= 0.3 is 0 Å². The second-order valence-corrected chi connectivity index (χ2v) is 6.47. The summed E-state index contributed by atoms with van der Waals surface area (Å²) in [6.07, 6.45) is 2.83. The van der Waals surface area contributed by atoms with E-state index in [1.165, 1.54) is 5.56 Å². The summed E-state index contributed by atoms with van der Waals surface area (Å²) in [6, 6.07) is 21.1. The van der Waals surface area contributed by atoms with E-state index < -0.39 is 0 Å². The van der Waals surface area contributed by atoms with E-state index in [2.05, 4.69) is 12.2 Å². The van der Waals surface area contributed by atoms with Crippen molar-refractivity contribution < 1.29 is 9.53 Å². The lowest BCUT2D eigenvalue weighted by Crippen LogP contribution is -2.14. The molecule has 2 aromatic heterocycles. The molecule has 2 heterocycles. The van der Waals surface area contributed by atoms with E-state index in [0.29, 0.717) is 17.1 Å². The number of nitrogens with zero attached hydrogens (tertiary/aromatic N) is 2. The highest BCUT2D eigenvalue weighted by atomic mass is 16.5. The number of imidazole rings is 1. The molecule has 0 radical (unpaired) electrons. The summed E-state index contributed by atoms with van der Waals surface area (Å²) in [5, 5.41) is 3.04. The van der Waals surface area contributed by atoms with Crippen molar-refractivity contribution >= 4 is 17.4 Å². The number of hydrogen-bond acceptors (Lipinski definition) is 3. The Morgan fingerprint density at radius 3 is 2.64 bits per heavy atom. The van der Waals surface area contributed by atoms with E-state index in [1.807, 2.05) is 77.3 Å². The Bertz CT molecular complexity index is 1130. The van der Waals surface area contributed by atoms with Crippen molar-refractivity contribution in [2.75, 3.05) is 12.4 Å². The van der Waals surface area contributed by atoms with Gasteiger partial charge in [0.2, 0.25) is 0 Å². The van der Waals surface area contributed by atoms with Gasteiger partial charge in [-0.15, -0.1) is 0 Å². The Balaban J connectivity index is 1.77. The van der Waals surface area contributed by atoms with Crippen LogP contribution in [0.4, 0.5) is 5.82 Å². The maximum atomic E-state index is 12.9. The number of ether oxygens (including phenoxy) is 1. The fourth-order valence-electron chi connectivity index (χ4n) is 3.16. The SMILES string of the molecule is CCc1ccc(C(=O)Nc2c(-c3cccc(OC)c3)nc3ccccn23)cc1. The lowest BCUT2D eigenvalue weighted by Gasteiger charge is -2.09. The van der Waals surface area contributed by atoms with Gasteiger partial charge in [0.05, 0.1) is 7.11 Å². The van der Waals surface area contributed by atoms with Crippen molar-refractivity contribution in [3.63, 3.8) is 0 Å². The van der Waals surface area contributed by atoms with Gasteiger partial charge in [0.15, 0.2) is 0 Å². The minimum absolute atomic E-state index is 0.169. The molecule has 0 bridgehead atoms. The third-order valence-electron chi connectivity index (χ3n) is 4.73. The zero-order chi connectivity index (χ0) is 19.5. The van der Waals surface area contributed by atoms with Crippen molar-refractivity contribution in [2.24, 2.45) is 0 Å². The summed E-state index contributed by atoms with van der Waals surface area (Å²) in [7, 11) is 1.63. The van der Waals surface area contributed by atoms with Gasteiger partial charge in [0.1, 0.15) is 22.9 Å². The molecule has 0 saturated heterocycles. The fourth-order valence-corrected chi connectivity index (χ4v) is 3.16. The number of rotatable bonds is 5. The number of carbonyl (C=O) groups is 1. The van der Waals surface area contributed by atoms with E-state index in [0.717, 1.165) is 23.4 Å². The van der Waals surface area contributed by atoms with Crippen molar-refractivity contribution in [3.8, 4) is 17.0 Å². The molecule has 0 atom stereocenters. The molecule has 4 rings (SSSR count). The molecule has 5 nitrogen and oxygen atoms in total. The number of aryl methyl sites for hydroxylation is 1. The lowest BCUT2D eigenvalue weighted by atomic mass is 10.1. The van der Waals surface area contributed by atoms with Crippen LogP contribution in [0.3, 0.4) is 0 Å². The molecule has 0 fully saturated rings. The zero-order valence-electron chi connectivity index (χ0n) is 15.8. The Morgan fingerprint density at radius 2 is 1.89 bits per heavy atom. The number of benzene rings is 2. The predicted octanol–water partition coefficient (Wildman–Crippen LogP) is 4.82. The summed E-state index contributed by atoms with van der Waals surface area (Å²) in [5.74, 6) is 1.20. The number of amides is 1. The first-order valence-electron chi connectivity index (χ1n) is 9.21. The normalized spacial score (nSPS) is 10.8. The summed E-state index contributed by atoms with van der Waals surface area (Å²) in [5.41, 5.74) is 4.14. The summed E-state index contributed by atoms with van der Waals surface area (Å²) in [4.78, 5) is 17.6. The first kappa shape index (κ1) is 17.8. The Labute approximate surface area is 163 Å². The van der Waals surface area contributed by atoms with Crippen LogP contribution >= 0.6 is 0 Å². The van der Waals surface area contributed by atoms with Crippen LogP contribution in [0, 0.1) is 0 Å². The maximum absolute atomic E-state index is 12.9. The topological polar surface area (TPSA) is 55.6 Å². The summed E-state index contributed by atoms with van der Waals surface area (Å²) < 4.78 is 7.22. The molecule has 4 aromatic rings. The molecule has 0 spiro atoms. The third kappa shape index (κ3) is 3.34. The van der Waals surface area contributed by atoms with Gasteiger partial charge < -0.3 is 10.1 Å². The van der Waals surface area contributed by atoms with Crippen LogP contribution in [0.25, 0.3) is 16.9 Å². The molecule has 0 aliphatic rings. The van der Waals surface area contributed by atoms with E-state index in [4.69, 9.17) is 9.72 Å². The molecule has 140 valence electrons. The van der Waals surface area contributed by atoms with Crippen LogP contribution in [0.2, 0.25) is 0 Å². The van der Waals surface area contributed by atoms with Crippen LogP contribution in [-0.4, -0.2) is 22.4 Å². The average molecular weight is 371 g/mol. The molecule has 0 unspecified atom stereocenters. The van der Waals surface area contributed by atoms with Crippen LogP contribution in [-0.2, 0) is 6.42 Å². The Morgan fingerprint density at radius 1 is 1.07 bits per heavy atom. The van der Waals surface area contributed by atoms with Gasteiger partial charge in [-0.2, -0.15) is 0 Å². The monoisotopic (exact) mass is 371 g/mol. The van der Waals surface area contributed by atoms with E-state index in [1.54, 1.807) is 7.11 Å². The van der Waals surface area contributed by atoms with Crippen molar-refractivity contribution in [3.05, 3.63) is 84.1 Å². The standard InChI is InChI=1S/C23H21N3O2/c1-3-16-10-12-17(13-11-16)23(27)25-22-21(18-7-6-8-19(15-18)28-2)24-20-9-4-5-14-26(20)22/h4-15H,3H2,1-2H3,(H,25,27). The lowest BCUT2D eigenvalue weighted by molar-refractivity contribution is 0.102. The highest BCUT2D eigenvalue weighted by Crippen LogP contribution is 2.31. The molecule has 28 heavy (non-hydrogen) atoms. The van der Waals surface area contributed by atoms with E-state index in [-0.39, 0.29) is 5.91 Å². The van der Waals surface area contributed by atoms with Crippen LogP contribution in [0.5, 0.6) is 5.75 Å². The van der Waals surface area contributed by atoms with E-state index in [9.17, 15) is 4.79 Å². The van der Waals surface area contributed by atoms with Crippen LogP contribution < -0.4 is 10.1 Å². The van der Waals surface area contributed by atoms with Gasteiger partial charge in [0, 0.05) is 17.3 Å². The highest BCUT2D eigenvalue weighted by molar-refractivity contribution is 6.05. The van der Waals surface area contributed by atoms with Gasteiger partial charge in [-0.1, -0.05) is 37.3 Å². The quantitative estimate of drug-likeness (QED) is 0.547. The van der Waals surface area contributed by atoms with Gasteiger partial charge in [-0.05, 0) is 48.4 Å². The van der Waals surface area contributed by atoms with Gasteiger partial charge in [0.25, 0.3) is 5.91 Å². The van der Waals surface area contributed by atoms with Gasteiger partial charge in [-0.25, -0.2) is 4.98 Å². The van der Waals surface area contributed by atoms with E-state index >= 15 is 0 Å². The number of carbonyl (C=O) groups excluding carboxylic acids is 1. The predicted molar refractivity (Wildman–Crippen MR) is 111 cm³/mol. The van der Waals surface area contributed by atoms with Crippen molar-refractivity contribution in [2.45, 2.75) is 13.3 Å². The number of aromatic nitrogens is 2. The number of methoxy groups -OCH3 is 1. The zero-order valence-corrected chi connectivity index (χ0v) is 15.8. The molecule has 0 aliphatic carbocycles. The molecule has 5 heteroatoms. The number of hydrogen-bond donors (Lipinski definition) is 1. The number of fused-ring (bicyclic) bond motifs is 1. The third-order valence-corrected chi connectivity index (χ3v) is 4.73. The molecule has 0 saturated carbocycles. The van der Waals surface area contributed by atoms with Crippen LogP contribution in [0.1, 0.15) is 22.8 Å². The minimum Gasteiger partial charge on any atom is -0.497 e.